The number of amides is 2. The number of nitrogens with zero attached hydrogens (tertiary/aromatic N) is 2. The van der Waals surface area contributed by atoms with Gasteiger partial charge in [0.1, 0.15) is 16.6 Å². The number of imide groups is 1. The number of hydrogen-bond donors (Lipinski definition) is 2. The van der Waals surface area contributed by atoms with Crippen LogP contribution in [0.2, 0.25) is 10.0 Å². The van der Waals surface area contributed by atoms with Crippen molar-refractivity contribution in [2.45, 2.75) is 36.9 Å². The van der Waals surface area contributed by atoms with E-state index in [9.17, 15) is 18.0 Å². The quantitative estimate of drug-likeness (QED) is 0.433. The van der Waals surface area contributed by atoms with Gasteiger partial charge in [0.25, 0.3) is 0 Å². The summed E-state index contributed by atoms with van der Waals surface area (Å²) in [7, 11) is -3.97. The molecule has 0 saturated carbocycles. The second-order valence-electron chi connectivity index (χ2n) is 10.2. The molecule has 2 N–H and O–H groups in total. The van der Waals surface area contributed by atoms with Gasteiger partial charge < -0.3 is 10.1 Å². The number of piperidine rings is 1. The van der Waals surface area contributed by atoms with E-state index in [1.807, 2.05) is 18.2 Å². The first-order valence-corrected chi connectivity index (χ1v) is 15.9. The fourth-order valence-corrected chi connectivity index (χ4v) is 7.08. The van der Waals surface area contributed by atoms with Crippen molar-refractivity contribution in [2.75, 3.05) is 26.0 Å². The van der Waals surface area contributed by atoms with E-state index in [2.05, 4.69) is 10.6 Å². The number of fused-ring (bicyclic) bond motifs is 1. The average Bonchev–Trinajstić information content (AvgIpc) is 3.18. The summed E-state index contributed by atoms with van der Waals surface area (Å²) in [6, 6.07) is 14.2. The molecule has 0 bridgehead atoms. The van der Waals surface area contributed by atoms with Gasteiger partial charge in [0.2, 0.25) is 11.8 Å². The van der Waals surface area contributed by atoms with Gasteiger partial charge in [-0.3, -0.25) is 14.9 Å². The molecule has 1 fully saturated rings. The summed E-state index contributed by atoms with van der Waals surface area (Å²) in [5.74, 6) is -2.13. The molecule has 2 atom stereocenters. The van der Waals surface area contributed by atoms with E-state index in [1.165, 1.54) is 0 Å². The molecule has 3 aromatic rings. The Labute approximate surface area is 243 Å². The average molecular weight is 606 g/mol. The highest BCUT2D eigenvalue weighted by Gasteiger charge is 2.43. The summed E-state index contributed by atoms with van der Waals surface area (Å²) in [4.78, 5) is 26.5. The number of ether oxygens (including phenoxy) is 1. The largest absolute Gasteiger partial charge is 0.489 e. The van der Waals surface area contributed by atoms with Crippen molar-refractivity contribution in [2.24, 2.45) is 5.92 Å². The lowest BCUT2D eigenvalue weighted by Crippen LogP contribution is -2.48. The normalized spacial score (nSPS) is 18.7. The van der Waals surface area contributed by atoms with Crippen LogP contribution in [-0.2, 0) is 19.4 Å². The Morgan fingerprint density at radius 3 is 2.45 bits per heavy atom. The van der Waals surface area contributed by atoms with Crippen molar-refractivity contribution >= 4 is 44.9 Å². The molecule has 1 saturated heterocycles. The van der Waals surface area contributed by atoms with Gasteiger partial charge in [-0.2, -0.15) is 5.10 Å². The summed E-state index contributed by atoms with van der Waals surface area (Å²) in [5, 5.41) is 9.87. The van der Waals surface area contributed by atoms with Crippen LogP contribution in [-0.4, -0.2) is 61.2 Å². The Morgan fingerprint density at radius 2 is 1.77 bits per heavy atom. The Kier molecular flexibility index (Phi) is 8.51. The van der Waals surface area contributed by atoms with Gasteiger partial charge in [-0.15, -0.1) is 0 Å². The number of para-hydroxylation sites is 1. The van der Waals surface area contributed by atoms with Crippen molar-refractivity contribution in [3.8, 4) is 22.7 Å². The monoisotopic (exact) mass is 604 g/mol. The van der Waals surface area contributed by atoms with E-state index in [1.54, 1.807) is 35.0 Å². The van der Waals surface area contributed by atoms with Crippen LogP contribution in [0.15, 0.2) is 48.5 Å². The summed E-state index contributed by atoms with van der Waals surface area (Å²) in [6.07, 6.45) is 2.99. The second kappa shape index (κ2) is 11.9. The molecule has 2 aliphatic rings. The number of benzene rings is 2. The maximum absolute atomic E-state index is 13.5. The van der Waals surface area contributed by atoms with Crippen LogP contribution < -0.4 is 15.4 Å². The SMILES string of the molecule is CS(=O)(=O)C(C(=O)NC(=O)C1CCNCC1)C1CCCOc2c1nn(-c1ccccc1Cl)c2-c1ccc(Cl)cc1. The molecular formula is C28H30Cl2N4O5S. The molecule has 2 amide bonds. The lowest BCUT2D eigenvalue weighted by atomic mass is 9.93. The van der Waals surface area contributed by atoms with Crippen LogP contribution in [0.3, 0.4) is 0 Å². The Morgan fingerprint density at radius 1 is 1.07 bits per heavy atom. The van der Waals surface area contributed by atoms with E-state index in [4.69, 9.17) is 33.0 Å². The maximum Gasteiger partial charge on any atom is 0.245 e. The van der Waals surface area contributed by atoms with Crippen molar-refractivity contribution in [1.82, 2.24) is 20.4 Å². The Hall–Kier alpha value is -2.92. The number of rotatable bonds is 6. The number of nitrogens with one attached hydrogen (secondary N) is 2. The molecule has 40 heavy (non-hydrogen) atoms. The van der Waals surface area contributed by atoms with Crippen LogP contribution in [0.25, 0.3) is 16.9 Å². The summed E-state index contributed by atoms with van der Waals surface area (Å²) >= 11 is 12.7. The highest BCUT2D eigenvalue weighted by atomic mass is 35.5. The lowest BCUT2D eigenvalue weighted by Gasteiger charge is -2.25. The van der Waals surface area contributed by atoms with Gasteiger partial charge in [-0.25, -0.2) is 13.1 Å². The number of hydrogen-bond acceptors (Lipinski definition) is 7. The van der Waals surface area contributed by atoms with E-state index in [-0.39, 0.29) is 5.92 Å². The highest BCUT2D eigenvalue weighted by molar-refractivity contribution is 7.92. The number of carbonyl (C=O) groups excluding carboxylic acids is 2. The van der Waals surface area contributed by atoms with Crippen molar-refractivity contribution in [1.29, 1.82) is 0 Å². The Balaban J connectivity index is 1.62. The zero-order valence-corrected chi connectivity index (χ0v) is 24.2. The maximum atomic E-state index is 13.5. The molecule has 1 aromatic heterocycles. The van der Waals surface area contributed by atoms with Gasteiger partial charge in [0.05, 0.1) is 17.3 Å². The number of sulfone groups is 1. The van der Waals surface area contributed by atoms with Crippen molar-refractivity contribution in [3.63, 3.8) is 0 Å². The summed E-state index contributed by atoms with van der Waals surface area (Å²) in [6.45, 7) is 1.63. The van der Waals surface area contributed by atoms with Gasteiger partial charge in [0.15, 0.2) is 15.6 Å². The minimum atomic E-state index is -3.97. The smallest absolute Gasteiger partial charge is 0.245 e. The van der Waals surface area contributed by atoms with Crippen LogP contribution in [0, 0.1) is 5.92 Å². The van der Waals surface area contributed by atoms with Crippen LogP contribution in [0.1, 0.15) is 37.3 Å². The van der Waals surface area contributed by atoms with Crippen LogP contribution >= 0.6 is 23.2 Å². The minimum absolute atomic E-state index is 0.296. The third kappa shape index (κ3) is 5.90. The van der Waals surface area contributed by atoms with E-state index in [0.717, 1.165) is 11.8 Å². The molecule has 0 radical (unpaired) electrons. The lowest BCUT2D eigenvalue weighted by molar-refractivity contribution is -0.133. The molecule has 3 heterocycles. The zero-order valence-electron chi connectivity index (χ0n) is 21.9. The number of halogens is 2. The van der Waals surface area contributed by atoms with Gasteiger partial charge in [-0.05, 0) is 63.0 Å². The highest BCUT2D eigenvalue weighted by Crippen LogP contribution is 2.44. The predicted molar refractivity (Wildman–Crippen MR) is 154 cm³/mol. The first kappa shape index (κ1) is 28.6. The summed E-state index contributed by atoms with van der Waals surface area (Å²) in [5.41, 5.74) is 2.17. The van der Waals surface area contributed by atoms with Crippen LogP contribution in [0.4, 0.5) is 0 Å². The third-order valence-electron chi connectivity index (χ3n) is 7.36. The second-order valence-corrected chi connectivity index (χ2v) is 13.2. The molecule has 0 aliphatic carbocycles. The fourth-order valence-electron chi connectivity index (χ4n) is 5.43. The molecular weight excluding hydrogens is 575 g/mol. The molecule has 5 rings (SSSR count). The summed E-state index contributed by atoms with van der Waals surface area (Å²) < 4.78 is 34.2. The third-order valence-corrected chi connectivity index (χ3v) is 9.40. The van der Waals surface area contributed by atoms with E-state index < -0.39 is 32.8 Å². The first-order chi connectivity index (χ1) is 19.1. The van der Waals surface area contributed by atoms with E-state index in [0.29, 0.717) is 78.2 Å². The molecule has 0 spiro atoms. The van der Waals surface area contributed by atoms with Crippen LogP contribution in [0.5, 0.6) is 5.75 Å². The van der Waals surface area contributed by atoms with E-state index >= 15 is 0 Å². The number of carbonyl (C=O) groups is 2. The molecule has 2 unspecified atom stereocenters. The topological polar surface area (TPSA) is 119 Å². The van der Waals surface area contributed by atoms with Gasteiger partial charge in [-0.1, -0.05) is 47.5 Å². The molecule has 212 valence electrons. The zero-order chi connectivity index (χ0) is 28.4. The number of aromatic nitrogens is 2. The van der Waals surface area contributed by atoms with Crippen molar-refractivity contribution in [3.05, 3.63) is 64.3 Å². The van der Waals surface area contributed by atoms with Gasteiger partial charge >= 0.3 is 0 Å². The van der Waals surface area contributed by atoms with Gasteiger partial charge in [0, 0.05) is 28.7 Å². The molecule has 12 heteroatoms. The van der Waals surface area contributed by atoms with Crippen molar-refractivity contribution < 1.29 is 22.7 Å². The fraction of sp³-hybridized carbons (Fsp3) is 0.393. The molecule has 2 aliphatic heterocycles. The molecule has 9 nitrogen and oxygen atoms in total. The Bertz CT molecular complexity index is 1520. The first-order valence-electron chi connectivity index (χ1n) is 13.2. The predicted octanol–water partition coefficient (Wildman–Crippen LogP) is 4.16. The standard InChI is InChI=1S/C28H30Cl2N4O5S/c1-40(37,38)26(28(36)32-27(35)18-12-14-31-15-13-18)20-5-4-16-39-25-23(20)33-34(22-7-3-2-6-21(22)30)24(25)17-8-10-19(29)11-9-17/h2-3,6-11,18,20,26,31H,4-5,12-16H2,1H3,(H,32,35,36). The molecule has 2 aromatic carbocycles. The minimum Gasteiger partial charge on any atom is -0.489 e.